The third kappa shape index (κ3) is 4.63. The molecule has 11 rings (SSSR count). The zero-order valence-electron chi connectivity index (χ0n) is 31.2. The molecule has 262 valence electrons. The van der Waals surface area contributed by atoms with Crippen molar-refractivity contribution in [3.63, 3.8) is 0 Å². The van der Waals surface area contributed by atoms with Gasteiger partial charge < -0.3 is 13.7 Å². The Balaban J connectivity index is 1.25. The lowest BCUT2D eigenvalue weighted by molar-refractivity contribution is 0.591. The lowest BCUT2D eigenvalue weighted by atomic mass is 9.81. The van der Waals surface area contributed by atoms with Crippen LogP contribution in [0.3, 0.4) is 0 Å². The quantitative estimate of drug-likeness (QED) is 0.173. The molecule has 0 atom stereocenters. The first-order chi connectivity index (χ1) is 27.0. The van der Waals surface area contributed by atoms with E-state index in [9.17, 15) is 0 Å². The molecule has 3 aromatic heterocycles. The second-order valence-corrected chi connectivity index (χ2v) is 15.8. The summed E-state index contributed by atoms with van der Waals surface area (Å²) in [4.78, 5) is 0. The minimum atomic E-state index is -0.104. The van der Waals surface area contributed by atoms with E-state index in [1.165, 1.54) is 99.2 Å². The normalized spacial score (nSPS) is 12.3. The molecule has 0 amide bonds. The first kappa shape index (κ1) is 31.7. The fourth-order valence-corrected chi connectivity index (χ4v) is 9.27. The third-order valence-electron chi connectivity index (χ3n) is 11.6. The molecule has 0 spiro atoms. The van der Waals surface area contributed by atoms with E-state index in [4.69, 9.17) is 0 Å². The highest BCUT2D eigenvalue weighted by atomic mass is 15.0. The maximum atomic E-state index is 2.53. The molecule has 0 saturated carbocycles. The molecule has 0 fully saturated rings. The van der Waals surface area contributed by atoms with Crippen molar-refractivity contribution in [1.82, 2.24) is 13.7 Å². The second kappa shape index (κ2) is 11.8. The van der Waals surface area contributed by atoms with Gasteiger partial charge in [0.25, 0.3) is 0 Å². The molecule has 0 unspecified atom stereocenters. The van der Waals surface area contributed by atoms with Gasteiger partial charge in [-0.05, 0) is 89.3 Å². The number of para-hydroxylation sites is 5. The van der Waals surface area contributed by atoms with Crippen LogP contribution in [-0.4, -0.2) is 13.7 Å². The third-order valence-corrected chi connectivity index (χ3v) is 11.6. The molecule has 0 aliphatic heterocycles. The van der Waals surface area contributed by atoms with Crippen LogP contribution in [-0.2, 0) is 5.41 Å². The molecule has 3 nitrogen and oxygen atoms in total. The first-order valence-corrected chi connectivity index (χ1v) is 19.2. The predicted octanol–water partition coefficient (Wildman–Crippen LogP) is 13.9. The Morgan fingerprint density at radius 1 is 0.345 bits per heavy atom. The monoisotopic (exact) mass is 705 g/mol. The van der Waals surface area contributed by atoms with Gasteiger partial charge in [-0.1, -0.05) is 130 Å². The fourth-order valence-electron chi connectivity index (χ4n) is 9.27. The van der Waals surface area contributed by atoms with Crippen molar-refractivity contribution in [3.8, 4) is 28.2 Å². The van der Waals surface area contributed by atoms with E-state index >= 15 is 0 Å². The summed E-state index contributed by atoms with van der Waals surface area (Å²) in [6, 6.07) is 66.8. The number of hydrogen-bond acceptors (Lipinski definition) is 0. The summed E-state index contributed by atoms with van der Waals surface area (Å²) in [5.74, 6) is 0. The number of benzene rings is 8. The van der Waals surface area contributed by atoms with Gasteiger partial charge in [0.2, 0.25) is 0 Å². The standard InChI is InChI=1S/C52H39N3/c1-52(2,3)41-24-16-28-46(49(41)34-29-30-45-40(33-34)37-21-10-13-25-42(37)53(45)35-17-6-4-7-18-35)55-44-27-15-12-23-39(44)51-48(55)32-31-47-50(51)38-22-11-14-26-43(38)54(47)36-19-8-5-9-20-36/h4-33H,1-3H3. The number of aromatic nitrogens is 3. The molecule has 8 aromatic carbocycles. The average Bonchev–Trinajstić information content (AvgIpc) is 3.86. The molecule has 11 aromatic rings. The van der Waals surface area contributed by atoms with Crippen LogP contribution >= 0.6 is 0 Å². The number of nitrogens with zero attached hydrogens (tertiary/aromatic N) is 3. The Hall–Kier alpha value is -6.84. The van der Waals surface area contributed by atoms with E-state index in [1.54, 1.807) is 0 Å². The van der Waals surface area contributed by atoms with Gasteiger partial charge in [-0.25, -0.2) is 0 Å². The van der Waals surface area contributed by atoms with Crippen LogP contribution in [0.1, 0.15) is 26.3 Å². The molecule has 0 saturated heterocycles. The van der Waals surface area contributed by atoms with E-state index in [0.29, 0.717) is 0 Å². The van der Waals surface area contributed by atoms with Gasteiger partial charge in [0.05, 0.1) is 38.8 Å². The van der Waals surface area contributed by atoms with E-state index in [1.807, 2.05) is 0 Å². The van der Waals surface area contributed by atoms with Crippen LogP contribution in [0.2, 0.25) is 0 Å². The Bertz CT molecular complexity index is 3280. The molecule has 0 aliphatic carbocycles. The van der Waals surface area contributed by atoms with Crippen LogP contribution in [0.5, 0.6) is 0 Å². The van der Waals surface area contributed by atoms with Gasteiger partial charge in [0.15, 0.2) is 0 Å². The van der Waals surface area contributed by atoms with E-state index in [0.717, 1.165) is 0 Å². The summed E-state index contributed by atoms with van der Waals surface area (Å²) >= 11 is 0. The Morgan fingerprint density at radius 2 is 0.800 bits per heavy atom. The highest BCUT2D eigenvalue weighted by molar-refractivity contribution is 6.29. The Labute approximate surface area is 319 Å². The first-order valence-electron chi connectivity index (χ1n) is 19.2. The second-order valence-electron chi connectivity index (χ2n) is 15.8. The molecule has 0 bridgehead atoms. The van der Waals surface area contributed by atoms with Gasteiger partial charge in [0.1, 0.15) is 0 Å². The van der Waals surface area contributed by atoms with Crippen molar-refractivity contribution >= 4 is 65.4 Å². The molecule has 3 heterocycles. The van der Waals surface area contributed by atoms with Crippen LogP contribution in [0.25, 0.3) is 93.6 Å². The van der Waals surface area contributed by atoms with Crippen LogP contribution in [0, 0.1) is 0 Å². The summed E-state index contributed by atoms with van der Waals surface area (Å²) in [6.07, 6.45) is 0. The molecule has 3 heteroatoms. The summed E-state index contributed by atoms with van der Waals surface area (Å²) < 4.78 is 7.35. The van der Waals surface area contributed by atoms with Gasteiger partial charge in [-0.15, -0.1) is 0 Å². The number of hydrogen-bond donors (Lipinski definition) is 0. The van der Waals surface area contributed by atoms with E-state index in [2.05, 4.69) is 216 Å². The van der Waals surface area contributed by atoms with Crippen molar-refractivity contribution in [3.05, 3.63) is 188 Å². The fraction of sp³-hybridized carbons (Fsp3) is 0.0769. The van der Waals surface area contributed by atoms with Gasteiger partial charge in [-0.3, -0.25) is 0 Å². The summed E-state index contributed by atoms with van der Waals surface area (Å²) in [6.45, 7) is 7.01. The minimum Gasteiger partial charge on any atom is -0.309 e. The lowest BCUT2D eigenvalue weighted by Gasteiger charge is -2.26. The Kier molecular flexibility index (Phi) is 6.81. The summed E-state index contributed by atoms with van der Waals surface area (Å²) in [5.41, 5.74) is 14.5. The number of fused-ring (bicyclic) bond motifs is 10. The van der Waals surface area contributed by atoms with Crippen molar-refractivity contribution < 1.29 is 0 Å². The van der Waals surface area contributed by atoms with Gasteiger partial charge in [0, 0.05) is 49.3 Å². The molecule has 0 radical (unpaired) electrons. The average molecular weight is 706 g/mol. The van der Waals surface area contributed by atoms with Crippen molar-refractivity contribution in [2.24, 2.45) is 0 Å². The van der Waals surface area contributed by atoms with Crippen LogP contribution < -0.4 is 0 Å². The summed E-state index contributed by atoms with van der Waals surface area (Å²) in [5, 5.41) is 7.60. The Morgan fingerprint density at radius 3 is 1.40 bits per heavy atom. The van der Waals surface area contributed by atoms with Crippen molar-refractivity contribution in [2.45, 2.75) is 26.2 Å². The van der Waals surface area contributed by atoms with Gasteiger partial charge in [-0.2, -0.15) is 0 Å². The van der Waals surface area contributed by atoms with E-state index < -0.39 is 0 Å². The molecular weight excluding hydrogens is 667 g/mol. The summed E-state index contributed by atoms with van der Waals surface area (Å²) in [7, 11) is 0. The van der Waals surface area contributed by atoms with Crippen LogP contribution in [0.15, 0.2) is 182 Å². The maximum Gasteiger partial charge on any atom is 0.0549 e. The zero-order chi connectivity index (χ0) is 36.8. The van der Waals surface area contributed by atoms with E-state index in [-0.39, 0.29) is 5.41 Å². The topological polar surface area (TPSA) is 14.8 Å². The highest BCUT2D eigenvalue weighted by Crippen LogP contribution is 2.46. The maximum absolute atomic E-state index is 2.53. The number of rotatable bonds is 4. The van der Waals surface area contributed by atoms with Gasteiger partial charge >= 0.3 is 0 Å². The smallest absolute Gasteiger partial charge is 0.0549 e. The van der Waals surface area contributed by atoms with Crippen LogP contribution in [0.4, 0.5) is 0 Å². The molecule has 55 heavy (non-hydrogen) atoms. The minimum absolute atomic E-state index is 0.104. The van der Waals surface area contributed by atoms with Crippen molar-refractivity contribution in [2.75, 3.05) is 0 Å². The van der Waals surface area contributed by atoms with Crippen molar-refractivity contribution in [1.29, 1.82) is 0 Å². The lowest BCUT2D eigenvalue weighted by Crippen LogP contribution is -2.14. The predicted molar refractivity (Wildman–Crippen MR) is 234 cm³/mol. The molecule has 0 aliphatic rings. The molecule has 0 N–H and O–H groups in total. The largest absolute Gasteiger partial charge is 0.309 e. The highest BCUT2D eigenvalue weighted by Gasteiger charge is 2.26. The molecular formula is C52H39N3. The SMILES string of the molecule is CC(C)(C)c1cccc(-n2c3ccccc3c3c4c5ccccc5n(-c5ccccc5)c4ccc32)c1-c1ccc2c(c1)c1ccccc1n2-c1ccccc1. The zero-order valence-corrected chi connectivity index (χ0v) is 31.2.